The van der Waals surface area contributed by atoms with Gasteiger partial charge in [0.1, 0.15) is 6.54 Å². The molecule has 0 spiro atoms. The summed E-state index contributed by atoms with van der Waals surface area (Å²) in [6.45, 7) is 1.29. The lowest BCUT2D eigenvalue weighted by Gasteiger charge is -2.40. The lowest BCUT2D eigenvalue weighted by Crippen LogP contribution is -2.55. The maximum atomic E-state index is 13.3. The molecule has 3 heterocycles. The molecule has 4 fully saturated rings. The molecule has 7 heteroatoms. The van der Waals surface area contributed by atoms with Crippen molar-refractivity contribution in [3.05, 3.63) is 34.1 Å². The second-order valence-corrected chi connectivity index (χ2v) is 10.2. The number of rotatable bonds is 4. The molecular weight excluding hydrogens is 412 g/mol. The lowest BCUT2D eigenvalue weighted by molar-refractivity contribution is -0.138. The highest BCUT2D eigenvalue weighted by molar-refractivity contribution is 6.36. The van der Waals surface area contributed by atoms with Crippen molar-refractivity contribution in [2.45, 2.75) is 75.7 Å². The van der Waals surface area contributed by atoms with Gasteiger partial charge in [0.15, 0.2) is 5.69 Å². The number of halogens is 1. The highest BCUT2D eigenvalue weighted by Crippen LogP contribution is 2.46. The van der Waals surface area contributed by atoms with Crippen LogP contribution in [-0.4, -0.2) is 56.9 Å². The van der Waals surface area contributed by atoms with Crippen molar-refractivity contribution in [2.75, 3.05) is 19.6 Å². The van der Waals surface area contributed by atoms with Crippen LogP contribution in [0.15, 0.2) is 12.1 Å². The van der Waals surface area contributed by atoms with Crippen molar-refractivity contribution in [3.8, 4) is 0 Å². The highest BCUT2D eigenvalue weighted by Gasteiger charge is 2.36. The molecule has 31 heavy (non-hydrogen) atoms. The average molecular weight is 441 g/mol. The largest absolute Gasteiger partial charge is 0.336 e. The Labute approximate surface area is 187 Å². The van der Waals surface area contributed by atoms with Gasteiger partial charge in [-0.15, -0.1) is 0 Å². The van der Waals surface area contributed by atoms with Gasteiger partial charge in [0.25, 0.3) is 5.91 Å². The molecule has 2 aromatic heterocycles. The normalized spacial score (nSPS) is 23.1. The van der Waals surface area contributed by atoms with Crippen LogP contribution in [0.4, 0.5) is 0 Å². The van der Waals surface area contributed by atoms with Gasteiger partial charge in [0, 0.05) is 30.7 Å². The number of piperazine rings is 1. The van der Waals surface area contributed by atoms with Crippen molar-refractivity contribution in [1.82, 2.24) is 19.4 Å². The summed E-state index contributed by atoms with van der Waals surface area (Å²) in [4.78, 5) is 29.8. The van der Waals surface area contributed by atoms with Crippen LogP contribution in [0.1, 0.15) is 91.4 Å². The Balaban J connectivity index is 1.26. The second kappa shape index (κ2) is 7.51. The molecule has 3 saturated carbocycles. The topological polar surface area (TPSA) is 57.9 Å². The molecule has 0 N–H and O–H groups in total. The molecule has 6 rings (SSSR count). The third kappa shape index (κ3) is 3.53. The van der Waals surface area contributed by atoms with Crippen LogP contribution in [0.5, 0.6) is 0 Å². The van der Waals surface area contributed by atoms with Crippen molar-refractivity contribution >= 4 is 28.9 Å². The van der Waals surface area contributed by atoms with Gasteiger partial charge in [0.2, 0.25) is 5.91 Å². The van der Waals surface area contributed by atoms with Crippen LogP contribution in [-0.2, 0) is 4.79 Å². The minimum atomic E-state index is -0.222. The molecule has 2 amide bonds. The third-order valence-electron chi connectivity index (χ3n) is 7.53. The van der Waals surface area contributed by atoms with Crippen LogP contribution in [0, 0.1) is 0 Å². The molecule has 1 aliphatic heterocycles. The number of hydrogen-bond acceptors (Lipinski definition) is 3. The van der Waals surface area contributed by atoms with Crippen LogP contribution >= 0.6 is 11.6 Å². The molecule has 1 saturated heterocycles. The summed E-state index contributed by atoms with van der Waals surface area (Å²) in [6, 6.07) is 4.73. The maximum Gasteiger partial charge on any atom is 0.276 e. The van der Waals surface area contributed by atoms with Gasteiger partial charge in [-0.1, -0.05) is 30.9 Å². The van der Waals surface area contributed by atoms with Crippen molar-refractivity contribution < 1.29 is 9.59 Å². The molecule has 0 bridgehead atoms. The SMILES string of the molecule is O=C(c1nn2c(C3CC3)cc(C3CC3)cc2c1Cl)N1CCN(C2CCCCC2)C(=O)C1. The van der Waals surface area contributed by atoms with Crippen molar-refractivity contribution in [2.24, 2.45) is 0 Å². The zero-order valence-corrected chi connectivity index (χ0v) is 18.6. The van der Waals surface area contributed by atoms with Gasteiger partial charge in [-0.3, -0.25) is 9.59 Å². The Bertz CT molecular complexity index is 1050. The number of amides is 2. The van der Waals surface area contributed by atoms with E-state index in [1.807, 2.05) is 9.42 Å². The first kappa shape index (κ1) is 19.6. The molecule has 164 valence electrons. The Hall–Kier alpha value is -2.08. The highest BCUT2D eigenvalue weighted by atomic mass is 35.5. The van der Waals surface area contributed by atoms with Crippen LogP contribution < -0.4 is 0 Å². The number of aromatic nitrogens is 2. The third-order valence-corrected chi connectivity index (χ3v) is 7.90. The van der Waals surface area contributed by atoms with E-state index in [-0.39, 0.29) is 24.1 Å². The van der Waals surface area contributed by atoms with E-state index in [1.165, 1.54) is 56.2 Å². The minimum Gasteiger partial charge on any atom is -0.336 e. The smallest absolute Gasteiger partial charge is 0.276 e. The summed E-state index contributed by atoms with van der Waals surface area (Å²) in [5.74, 6) is 0.972. The van der Waals surface area contributed by atoms with Gasteiger partial charge in [-0.05, 0) is 62.1 Å². The summed E-state index contributed by atoms with van der Waals surface area (Å²) in [5, 5.41) is 5.10. The Morgan fingerprint density at radius 2 is 1.71 bits per heavy atom. The molecular formula is C24H29ClN4O2. The van der Waals surface area contributed by atoms with E-state index in [4.69, 9.17) is 11.6 Å². The minimum absolute atomic E-state index is 0.0566. The average Bonchev–Trinajstić information content (AvgIpc) is 3.71. The number of nitrogens with zero attached hydrogens (tertiary/aromatic N) is 4. The first-order chi connectivity index (χ1) is 15.1. The van der Waals surface area contributed by atoms with Gasteiger partial charge in [-0.25, -0.2) is 4.52 Å². The molecule has 0 atom stereocenters. The molecule has 0 aromatic carbocycles. The molecule has 6 nitrogen and oxygen atoms in total. The fourth-order valence-electron chi connectivity index (χ4n) is 5.41. The van der Waals surface area contributed by atoms with E-state index in [0.717, 1.165) is 18.4 Å². The maximum absolute atomic E-state index is 13.3. The van der Waals surface area contributed by atoms with E-state index in [1.54, 1.807) is 4.90 Å². The number of carbonyl (C=O) groups excluding carboxylic acids is 2. The molecule has 2 aromatic rings. The monoisotopic (exact) mass is 440 g/mol. The van der Waals surface area contributed by atoms with E-state index >= 15 is 0 Å². The van der Waals surface area contributed by atoms with E-state index in [2.05, 4.69) is 17.2 Å². The quantitative estimate of drug-likeness (QED) is 0.709. The summed E-state index contributed by atoms with van der Waals surface area (Å²) < 4.78 is 1.89. The van der Waals surface area contributed by atoms with Crippen molar-refractivity contribution in [3.63, 3.8) is 0 Å². The van der Waals surface area contributed by atoms with E-state index in [9.17, 15) is 9.59 Å². The second-order valence-electron chi connectivity index (χ2n) is 9.83. The number of fused-ring (bicyclic) bond motifs is 1. The summed E-state index contributed by atoms with van der Waals surface area (Å²) in [6.07, 6.45) is 10.6. The van der Waals surface area contributed by atoms with Crippen LogP contribution in [0.25, 0.3) is 5.52 Å². The van der Waals surface area contributed by atoms with E-state index in [0.29, 0.717) is 36.0 Å². The molecule has 3 aliphatic carbocycles. The Morgan fingerprint density at radius 1 is 0.968 bits per heavy atom. The van der Waals surface area contributed by atoms with Gasteiger partial charge in [0.05, 0.1) is 10.5 Å². The molecule has 4 aliphatic rings. The van der Waals surface area contributed by atoms with Gasteiger partial charge >= 0.3 is 0 Å². The van der Waals surface area contributed by atoms with Crippen LogP contribution in [0.3, 0.4) is 0 Å². The number of hydrogen-bond donors (Lipinski definition) is 0. The van der Waals surface area contributed by atoms with Crippen molar-refractivity contribution in [1.29, 1.82) is 0 Å². The first-order valence-corrected chi connectivity index (χ1v) is 12.3. The standard InChI is InChI=1S/C24H29ClN4O2/c25-22-20-13-17(15-6-7-15)12-19(16-8-9-16)29(20)26-23(22)24(31)27-10-11-28(21(30)14-27)18-4-2-1-3-5-18/h12-13,15-16,18H,1-11,14H2. The predicted octanol–water partition coefficient (Wildman–Crippen LogP) is 4.36. The van der Waals surface area contributed by atoms with Gasteiger partial charge < -0.3 is 9.80 Å². The molecule has 0 unspecified atom stereocenters. The summed E-state index contributed by atoms with van der Waals surface area (Å²) >= 11 is 6.73. The van der Waals surface area contributed by atoms with Gasteiger partial charge in [-0.2, -0.15) is 5.10 Å². The zero-order chi connectivity index (χ0) is 21.1. The zero-order valence-electron chi connectivity index (χ0n) is 17.9. The Kier molecular flexibility index (Phi) is 4.74. The number of pyridine rings is 1. The molecule has 0 radical (unpaired) electrons. The van der Waals surface area contributed by atoms with Crippen LogP contribution in [0.2, 0.25) is 5.02 Å². The lowest BCUT2D eigenvalue weighted by atomic mass is 9.93. The predicted molar refractivity (Wildman–Crippen MR) is 119 cm³/mol. The van der Waals surface area contributed by atoms with E-state index < -0.39 is 0 Å². The number of carbonyl (C=O) groups is 2. The Morgan fingerprint density at radius 3 is 2.39 bits per heavy atom. The fourth-order valence-corrected chi connectivity index (χ4v) is 5.67. The first-order valence-electron chi connectivity index (χ1n) is 11.9. The summed E-state index contributed by atoms with van der Waals surface area (Å²) in [5.41, 5.74) is 3.63. The summed E-state index contributed by atoms with van der Waals surface area (Å²) in [7, 11) is 0. The fraction of sp³-hybridized carbons (Fsp3) is 0.625.